The molecule has 5 rings (SSSR count). The van der Waals surface area contributed by atoms with E-state index in [1.807, 2.05) is 48.5 Å². The highest BCUT2D eigenvalue weighted by atomic mass is 32.2. The lowest BCUT2D eigenvalue weighted by molar-refractivity contribution is 0.573. The number of aromatic nitrogens is 6. The van der Waals surface area contributed by atoms with E-state index >= 15 is 0 Å². The maximum Gasteiger partial charge on any atom is 0.209 e. The van der Waals surface area contributed by atoms with Crippen molar-refractivity contribution in [3.05, 3.63) is 108 Å². The molecule has 0 aliphatic heterocycles. The number of thioether (sulfide) groups is 1. The van der Waals surface area contributed by atoms with Gasteiger partial charge in [-0.2, -0.15) is 9.90 Å². The lowest BCUT2D eigenvalue weighted by Gasteiger charge is -2.09. The van der Waals surface area contributed by atoms with Gasteiger partial charge in [-0.3, -0.25) is 0 Å². The molecule has 6 nitrogen and oxygen atoms in total. The summed E-state index contributed by atoms with van der Waals surface area (Å²) in [6, 6.07) is 26.6. The molecule has 0 amide bonds. The Kier molecular flexibility index (Phi) is 5.76. The Morgan fingerprint density at radius 3 is 2.25 bits per heavy atom. The molecule has 8 heteroatoms. The van der Waals surface area contributed by atoms with E-state index < -0.39 is 0 Å². The number of rotatable bonds is 7. The van der Waals surface area contributed by atoms with Crippen molar-refractivity contribution in [1.29, 1.82) is 0 Å². The van der Waals surface area contributed by atoms with Crippen molar-refractivity contribution >= 4 is 11.8 Å². The fourth-order valence-corrected chi connectivity index (χ4v) is 4.38. The number of nitrogens with zero attached hydrogens (tertiary/aromatic N) is 6. The predicted octanol–water partition coefficient (Wildman–Crippen LogP) is 5.01. The number of hydrogen-bond acceptors (Lipinski definition) is 5. The highest BCUT2D eigenvalue weighted by Gasteiger charge is 2.20. The highest BCUT2D eigenvalue weighted by Crippen LogP contribution is 2.34. The molecule has 0 N–H and O–H groups in total. The molecule has 5 aromatic rings. The van der Waals surface area contributed by atoms with Crippen LogP contribution in [0.4, 0.5) is 4.39 Å². The van der Waals surface area contributed by atoms with Gasteiger partial charge in [-0.05, 0) is 28.5 Å². The van der Waals surface area contributed by atoms with Gasteiger partial charge >= 0.3 is 0 Å². The molecule has 0 radical (unpaired) electrons. The smallest absolute Gasteiger partial charge is 0.209 e. The number of para-hydroxylation sites is 1. The van der Waals surface area contributed by atoms with E-state index in [9.17, 15) is 4.39 Å². The summed E-state index contributed by atoms with van der Waals surface area (Å²) in [7, 11) is 0. The van der Waals surface area contributed by atoms with E-state index in [1.165, 1.54) is 6.07 Å². The van der Waals surface area contributed by atoms with E-state index in [-0.39, 0.29) is 5.82 Å². The van der Waals surface area contributed by atoms with Crippen LogP contribution in [0, 0.1) is 5.82 Å². The Bertz CT molecular complexity index is 1320. The monoisotopic (exact) mass is 442 g/mol. The van der Waals surface area contributed by atoms with Crippen molar-refractivity contribution < 1.29 is 4.39 Å². The van der Waals surface area contributed by atoms with E-state index in [0.717, 1.165) is 16.2 Å². The number of halogens is 1. The first-order valence-corrected chi connectivity index (χ1v) is 11.1. The standard InChI is InChI=1S/C24H19FN6S/c25-21-13-7-8-14-22(21)31-24(32-17-19-11-5-2-6-12-19)20(15-26-31)23-27-29-30(28-23)16-18-9-3-1-4-10-18/h1-15H,16-17H2. The molecule has 0 spiro atoms. The van der Waals surface area contributed by atoms with Crippen LogP contribution in [0.1, 0.15) is 11.1 Å². The summed E-state index contributed by atoms with van der Waals surface area (Å²) in [5.74, 6) is 0.815. The molecular formula is C24H19FN6S. The first-order chi connectivity index (χ1) is 15.8. The van der Waals surface area contributed by atoms with Gasteiger partial charge in [0.1, 0.15) is 16.5 Å². The second-order valence-corrected chi connectivity index (χ2v) is 8.09. The van der Waals surface area contributed by atoms with Crippen molar-refractivity contribution in [3.8, 4) is 17.1 Å². The second kappa shape index (κ2) is 9.15. The second-order valence-electron chi connectivity index (χ2n) is 7.13. The Hall–Kier alpha value is -3.78. The largest absolute Gasteiger partial charge is 0.223 e. The van der Waals surface area contributed by atoms with Crippen LogP contribution >= 0.6 is 11.8 Å². The van der Waals surface area contributed by atoms with Crippen molar-refractivity contribution in [2.75, 3.05) is 0 Å². The summed E-state index contributed by atoms with van der Waals surface area (Å²) < 4.78 is 16.2. The maximum absolute atomic E-state index is 14.6. The molecule has 158 valence electrons. The van der Waals surface area contributed by atoms with Gasteiger partial charge in [0.2, 0.25) is 5.82 Å². The van der Waals surface area contributed by atoms with Crippen molar-refractivity contribution in [3.63, 3.8) is 0 Å². The topological polar surface area (TPSA) is 61.4 Å². The molecule has 0 aliphatic carbocycles. The minimum atomic E-state index is -0.343. The predicted molar refractivity (Wildman–Crippen MR) is 122 cm³/mol. The normalized spacial score (nSPS) is 11.0. The molecule has 0 aliphatic rings. The zero-order valence-corrected chi connectivity index (χ0v) is 17.9. The van der Waals surface area contributed by atoms with E-state index in [4.69, 9.17) is 0 Å². The summed E-state index contributed by atoms with van der Waals surface area (Å²) >= 11 is 1.56. The molecule has 0 fully saturated rings. The van der Waals surface area contributed by atoms with Gasteiger partial charge in [0.25, 0.3) is 0 Å². The summed E-state index contributed by atoms with van der Waals surface area (Å²) in [6.07, 6.45) is 1.67. The maximum atomic E-state index is 14.6. The summed E-state index contributed by atoms with van der Waals surface area (Å²) in [5, 5.41) is 18.2. The Labute approximate surface area is 188 Å². The molecule has 32 heavy (non-hydrogen) atoms. The van der Waals surface area contributed by atoms with Crippen LogP contribution in [-0.2, 0) is 12.3 Å². The van der Waals surface area contributed by atoms with Crippen molar-refractivity contribution in [2.45, 2.75) is 17.3 Å². The van der Waals surface area contributed by atoms with Crippen LogP contribution in [0.5, 0.6) is 0 Å². The lowest BCUT2D eigenvalue weighted by atomic mass is 10.2. The molecule has 0 atom stereocenters. The first kappa shape index (κ1) is 20.1. The molecule has 2 heterocycles. The molecular weight excluding hydrogens is 423 g/mol. The van der Waals surface area contributed by atoms with E-state index in [0.29, 0.717) is 29.4 Å². The molecule has 3 aromatic carbocycles. The average Bonchev–Trinajstić information content (AvgIpc) is 3.46. The van der Waals surface area contributed by atoms with E-state index in [2.05, 4.69) is 32.6 Å². The van der Waals surface area contributed by atoms with Gasteiger partial charge in [-0.15, -0.1) is 22.0 Å². The van der Waals surface area contributed by atoms with Crippen LogP contribution in [0.15, 0.2) is 96.2 Å². The highest BCUT2D eigenvalue weighted by molar-refractivity contribution is 7.98. The lowest BCUT2D eigenvalue weighted by Crippen LogP contribution is -2.04. The molecule has 0 unspecified atom stereocenters. The SMILES string of the molecule is Fc1ccccc1-n1ncc(-c2nnn(Cc3ccccc3)n2)c1SCc1ccccc1. The van der Waals surface area contributed by atoms with Gasteiger partial charge in [-0.25, -0.2) is 9.07 Å². The van der Waals surface area contributed by atoms with Crippen molar-refractivity contribution in [1.82, 2.24) is 30.0 Å². The Morgan fingerprint density at radius 2 is 1.50 bits per heavy atom. The number of benzene rings is 3. The van der Waals surface area contributed by atoms with E-state index in [1.54, 1.807) is 45.6 Å². The van der Waals surface area contributed by atoms with Crippen molar-refractivity contribution in [2.24, 2.45) is 0 Å². The van der Waals surface area contributed by atoms with Crippen LogP contribution in [0.25, 0.3) is 17.1 Å². The first-order valence-electron chi connectivity index (χ1n) is 10.1. The minimum Gasteiger partial charge on any atom is -0.223 e. The molecule has 0 bridgehead atoms. The van der Waals surface area contributed by atoms with Gasteiger partial charge in [0, 0.05) is 5.75 Å². The number of hydrogen-bond donors (Lipinski definition) is 0. The summed E-state index contributed by atoms with van der Waals surface area (Å²) in [5.41, 5.74) is 3.34. The summed E-state index contributed by atoms with van der Waals surface area (Å²) in [4.78, 5) is 1.55. The fourth-order valence-electron chi connectivity index (χ4n) is 3.32. The van der Waals surface area contributed by atoms with Crippen LogP contribution < -0.4 is 0 Å². The van der Waals surface area contributed by atoms with Crippen LogP contribution in [-0.4, -0.2) is 30.0 Å². The third-order valence-corrected chi connectivity index (χ3v) is 6.03. The zero-order valence-electron chi connectivity index (χ0n) is 17.0. The Balaban J connectivity index is 1.50. The fraction of sp³-hybridized carbons (Fsp3) is 0.0833. The third-order valence-electron chi connectivity index (χ3n) is 4.88. The van der Waals surface area contributed by atoms with Crippen LogP contribution in [0.3, 0.4) is 0 Å². The van der Waals surface area contributed by atoms with Gasteiger partial charge in [0.05, 0.1) is 18.3 Å². The molecule has 2 aromatic heterocycles. The van der Waals surface area contributed by atoms with Gasteiger partial charge in [0.15, 0.2) is 0 Å². The molecule has 0 saturated carbocycles. The van der Waals surface area contributed by atoms with Gasteiger partial charge < -0.3 is 0 Å². The quantitative estimate of drug-likeness (QED) is 0.332. The Morgan fingerprint density at radius 1 is 0.812 bits per heavy atom. The third kappa shape index (κ3) is 4.31. The zero-order chi connectivity index (χ0) is 21.8. The van der Waals surface area contributed by atoms with Crippen LogP contribution in [0.2, 0.25) is 0 Å². The van der Waals surface area contributed by atoms with Gasteiger partial charge in [-0.1, -0.05) is 72.8 Å². The average molecular weight is 443 g/mol. The minimum absolute atomic E-state index is 0.343. The summed E-state index contributed by atoms with van der Waals surface area (Å²) in [6.45, 7) is 0.516. The number of tetrazole rings is 1. The molecule has 0 saturated heterocycles.